The van der Waals surface area contributed by atoms with Crippen LogP contribution >= 0.6 is 0 Å². The van der Waals surface area contributed by atoms with Crippen LogP contribution in [-0.2, 0) is 9.53 Å². The molecule has 2 heterocycles. The number of benzene rings is 2. The molecular weight excluding hydrogens is 413 g/mol. The molecular formula is C24H24FN3O4. The number of hydrogen-bond donors (Lipinski definition) is 2. The molecule has 0 spiro atoms. The third-order valence-corrected chi connectivity index (χ3v) is 5.90. The van der Waals surface area contributed by atoms with Gasteiger partial charge in [0.15, 0.2) is 0 Å². The maximum Gasteiger partial charge on any atom is 0.322 e. The number of para-hydroxylation sites is 1. The minimum atomic E-state index is -0.540. The molecule has 0 saturated carbocycles. The molecule has 0 aliphatic carbocycles. The molecule has 2 aromatic carbocycles. The maximum atomic E-state index is 13.9. The first-order chi connectivity index (χ1) is 15.5. The number of aliphatic hydroxyl groups excluding tert-OH is 1. The number of carbonyl (C=O) groups is 2. The van der Waals surface area contributed by atoms with Crippen molar-refractivity contribution in [2.75, 3.05) is 38.7 Å². The molecule has 7 nitrogen and oxygen atoms in total. The zero-order valence-electron chi connectivity index (χ0n) is 17.6. The summed E-state index contributed by atoms with van der Waals surface area (Å²) >= 11 is 0. The number of fused-ring (bicyclic) bond motifs is 1. The Morgan fingerprint density at radius 2 is 2.00 bits per heavy atom. The van der Waals surface area contributed by atoms with Crippen molar-refractivity contribution in [3.63, 3.8) is 0 Å². The van der Waals surface area contributed by atoms with Crippen molar-refractivity contribution in [2.24, 2.45) is 0 Å². The lowest BCUT2D eigenvalue weighted by Crippen LogP contribution is -2.73. The van der Waals surface area contributed by atoms with E-state index in [1.807, 2.05) is 24.3 Å². The number of methoxy groups -OCH3 is 1. The number of ether oxygens (including phenoxy) is 1. The first kappa shape index (κ1) is 21.8. The second-order valence-corrected chi connectivity index (χ2v) is 7.79. The van der Waals surface area contributed by atoms with Gasteiger partial charge in [0.2, 0.25) is 5.91 Å². The van der Waals surface area contributed by atoms with E-state index < -0.39 is 11.8 Å². The number of hydrogen-bond acceptors (Lipinski definition) is 4. The summed E-state index contributed by atoms with van der Waals surface area (Å²) in [4.78, 5) is 28.5. The summed E-state index contributed by atoms with van der Waals surface area (Å²) < 4.78 is 18.8. The molecule has 0 bridgehead atoms. The average molecular weight is 437 g/mol. The van der Waals surface area contributed by atoms with Crippen LogP contribution in [0.5, 0.6) is 0 Å². The van der Waals surface area contributed by atoms with Gasteiger partial charge in [0.05, 0.1) is 24.4 Å². The zero-order valence-corrected chi connectivity index (χ0v) is 17.6. The fourth-order valence-electron chi connectivity index (χ4n) is 4.41. The molecule has 2 aromatic rings. The summed E-state index contributed by atoms with van der Waals surface area (Å²) in [6.45, 7) is 0.362. The molecule has 3 atom stereocenters. The standard InChI is InChI=1S/C24H24FN3O4/c1-32-12-4-5-16-8-10-17(11-9-16)23-20-13-27(14-22(30)28(20)21(23)15-29)24(31)26-19-7-3-2-6-18(19)25/h2-3,6-11,20-21,23,29H,12-15H2,1H3,(H,26,31)/t20-,21-,23+/m1/s1. The highest BCUT2D eigenvalue weighted by atomic mass is 19.1. The van der Waals surface area contributed by atoms with Gasteiger partial charge in [-0.15, -0.1) is 0 Å². The summed E-state index contributed by atoms with van der Waals surface area (Å²) in [7, 11) is 1.58. The molecule has 2 aliphatic rings. The van der Waals surface area contributed by atoms with Gasteiger partial charge >= 0.3 is 6.03 Å². The van der Waals surface area contributed by atoms with Crippen LogP contribution in [0.25, 0.3) is 0 Å². The van der Waals surface area contributed by atoms with E-state index in [-0.39, 0.29) is 42.7 Å². The topological polar surface area (TPSA) is 82.1 Å². The number of nitrogens with one attached hydrogen (secondary N) is 1. The lowest BCUT2D eigenvalue weighted by Gasteiger charge is -2.58. The Hall–Kier alpha value is -3.41. The lowest BCUT2D eigenvalue weighted by atomic mass is 9.73. The number of aliphatic hydroxyl groups is 1. The third kappa shape index (κ3) is 4.17. The molecule has 2 N–H and O–H groups in total. The SMILES string of the molecule is COCC#Cc1ccc([C@@H]2[C@@H](CO)N3C(=O)CN(C(=O)Nc4ccccc4F)C[C@H]23)cc1. The lowest BCUT2D eigenvalue weighted by molar-refractivity contribution is -0.159. The van der Waals surface area contributed by atoms with E-state index in [1.165, 1.54) is 23.1 Å². The molecule has 0 radical (unpaired) electrons. The molecule has 2 fully saturated rings. The van der Waals surface area contributed by atoms with Gasteiger partial charge in [0.1, 0.15) is 19.0 Å². The fraction of sp³-hybridized carbons (Fsp3) is 0.333. The highest BCUT2D eigenvalue weighted by Crippen LogP contribution is 2.43. The Bertz CT molecular complexity index is 1060. The first-order valence-corrected chi connectivity index (χ1v) is 10.3. The van der Waals surface area contributed by atoms with Crippen molar-refractivity contribution in [1.29, 1.82) is 0 Å². The van der Waals surface area contributed by atoms with Crippen LogP contribution in [0.15, 0.2) is 48.5 Å². The number of carbonyl (C=O) groups excluding carboxylic acids is 2. The van der Waals surface area contributed by atoms with Gasteiger partial charge in [-0.05, 0) is 29.8 Å². The number of nitrogens with zero attached hydrogens (tertiary/aromatic N) is 2. The highest BCUT2D eigenvalue weighted by Gasteiger charge is 2.54. The minimum Gasteiger partial charge on any atom is -0.394 e. The van der Waals surface area contributed by atoms with Crippen LogP contribution in [0, 0.1) is 17.7 Å². The van der Waals surface area contributed by atoms with E-state index in [1.54, 1.807) is 18.1 Å². The molecule has 166 valence electrons. The number of urea groups is 1. The summed E-state index contributed by atoms with van der Waals surface area (Å²) in [5, 5.41) is 12.4. The number of rotatable bonds is 4. The van der Waals surface area contributed by atoms with Gasteiger partial charge < -0.3 is 25.0 Å². The summed E-state index contributed by atoms with van der Waals surface area (Å²) in [6.07, 6.45) is 0. The molecule has 32 heavy (non-hydrogen) atoms. The monoisotopic (exact) mass is 437 g/mol. The van der Waals surface area contributed by atoms with E-state index >= 15 is 0 Å². The van der Waals surface area contributed by atoms with Crippen LogP contribution in [-0.4, -0.2) is 72.3 Å². The van der Waals surface area contributed by atoms with Gasteiger partial charge in [-0.1, -0.05) is 36.1 Å². The van der Waals surface area contributed by atoms with E-state index in [9.17, 15) is 19.1 Å². The van der Waals surface area contributed by atoms with E-state index in [4.69, 9.17) is 4.74 Å². The average Bonchev–Trinajstić information content (AvgIpc) is 2.78. The zero-order chi connectivity index (χ0) is 22.7. The number of halogens is 1. The molecule has 2 aliphatic heterocycles. The maximum absolute atomic E-state index is 13.9. The number of anilines is 1. The van der Waals surface area contributed by atoms with Crippen molar-refractivity contribution < 1.29 is 23.8 Å². The largest absolute Gasteiger partial charge is 0.394 e. The predicted molar refractivity (Wildman–Crippen MR) is 116 cm³/mol. The van der Waals surface area contributed by atoms with Crippen LogP contribution in [0.3, 0.4) is 0 Å². The van der Waals surface area contributed by atoms with Crippen LogP contribution in [0.1, 0.15) is 17.0 Å². The highest BCUT2D eigenvalue weighted by molar-refractivity contribution is 5.93. The Morgan fingerprint density at radius 3 is 2.69 bits per heavy atom. The van der Waals surface area contributed by atoms with E-state index in [0.717, 1.165) is 11.1 Å². The molecule has 3 amide bonds. The van der Waals surface area contributed by atoms with Gasteiger partial charge in [-0.2, -0.15) is 0 Å². The molecule has 8 heteroatoms. The fourth-order valence-corrected chi connectivity index (χ4v) is 4.41. The quantitative estimate of drug-likeness (QED) is 0.718. The minimum absolute atomic E-state index is 0.0657. The molecule has 0 aromatic heterocycles. The smallest absolute Gasteiger partial charge is 0.322 e. The second kappa shape index (κ2) is 9.39. The predicted octanol–water partition coefficient (Wildman–Crippen LogP) is 2.03. The Morgan fingerprint density at radius 1 is 1.25 bits per heavy atom. The van der Waals surface area contributed by atoms with Crippen molar-refractivity contribution >= 4 is 17.6 Å². The Kier molecular flexibility index (Phi) is 6.40. The van der Waals surface area contributed by atoms with Crippen molar-refractivity contribution in [3.05, 3.63) is 65.5 Å². The molecule has 0 unspecified atom stereocenters. The van der Waals surface area contributed by atoms with Gasteiger partial charge in [0, 0.05) is 25.1 Å². The van der Waals surface area contributed by atoms with Crippen LogP contribution in [0.2, 0.25) is 0 Å². The number of piperazine rings is 1. The third-order valence-electron chi connectivity index (χ3n) is 5.90. The van der Waals surface area contributed by atoms with Crippen molar-refractivity contribution in [3.8, 4) is 11.8 Å². The van der Waals surface area contributed by atoms with Gasteiger partial charge in [0.25, 0.3) is 0 Å². The molecule has 2 saturated heterocycles. The van der Waals surface area contributed by atoms with Gasteiger partial charge in [-0.3, -0.25) is 4.79 Å². The summed E-state index contributed by atoms with van der Waals surface area (Å²) in [5.41, 5.74) is 1.87. The summed E-state index contributed by atoms with van der Waals surface area (Å²) in [5.74, 6) is 5.01. The van der Waals surface area contributed by atoms with Gasteiger partial charge in [-0.25, -0.2) is 9.18 Å². The van der Waals surface area contributed by atoms with Crippen LogP contribution in [0.4, 0.5) is 14.9 Å². The Labute approximate surface area is 185 Å². The summed E-state index contributed by atoms with van der Waals surface area (Å²) in [6, 6.07) is 12.4. The number of amides is 3. The van der Waals surface area contributed by atoms with Crippen molar-refractivity contribution in [1.82, 2.24) is 9.80 Å². The Balaban J connectivity index is 1.50. The van der Waals surface area contributed by atoms with E-state index in [0.29, 0.717) is 13.2 Å². The second-order valence-electron chi connectivity index (χ2n) is 7.79. The van der Waals surface area contributed by atoms with E-state index in [2.05, 4.69) is 17.2 Å². The van der Waals surface area contributed by atoms with Crippen LogP contribution < -0.4 is 5.32 Å². The normalized spacial score (nSPS) is 21.8. The first-order valence-electron chi connectivity index (χ1n) is 10.3. The van der Waals surface area contributed by atoms with Crippen molar-refractivity contribution in [2.45, 2.75) is 18.0 Å². The molecule has 4 rings (SSSR count).